The highest BCUT2D eigenvalue weighted by Crippen LogP contribution is 2.24. The largest absolute Gasteiger partial charge is 0.497 e. The van der Waals surface area contributed by atoms with Gasteiger partial charge in [0.2, 0.25) is 0 Å². The summed E-state index contributed by atoms with van der Waals surface area (Å²) >= 11 is 0. The van der Waals surface area contributed by atoms with Crippen LogP contribution in [0.25, 0.3) is 0 Å². The quantitative estimate of drug-likeness (QED) is 0.839. The molecule has 0 spiro atoms. The molecule has 0 aromatic heterocycles. The summed E-state index contributed by atoms with van der Waals surface area (Å²) < 4.78 is 5.25. The first-order valence-corrected chi connectivity index (χ1v) is 7.04. The van der Waals surface area contributed by atoms with E-state index in [9.17, 15) is 0 Å². The second-order valence-electron chi connectivity index (χ2n) is 4.62. The van der Waals surface area contributed by atoms with Crippen LogP contribution in [0.1, 0.15) is 22.5 Å². The number of hydrogen-bond acceptors (Lipinski definition) is 2. The zero-order valence-electron chi connectivity index (χ0n) is 11.4. The van der Waals surface area contributed by atoms with Crippen molar-refractivity contribution in [2.75, 3.05) is 7.11 Å². The van der Waals surface area contributed by atoms with E-state index >= 15 is 0 Å². The molecule has 0 heterocycles. The van der Waals surface area contributed by atoms with Gasteiger partial charge in [0.05, 0.1) is 7.11 Å². The minimum absolute atomic E-state index is 0.218. The van der Waals surface area contributed by atoms with Crippen molar-refractivity contribution in [1.29, 1.82) is 0 Å². The summed E-state index contributed by atoms with van der Waals surface area (Å²) in [7, 11) is 4.52. The van der Waals surface area contributed by atoms with Crippen molar-refractivity contribution in [3.63, 3.8) is 0 Å². The Hall–Kier alpha value is -1.37. The van der Waals surface area contributed by atoms with Crippen LogP contribution in [-0.4, -0.2) is 7.11 Å². The second-order valence-corrected chi connectivity index (χ2v) is 5.29. The van der Waals surface area contributed by atoms with Gasteiger partial charge in [-0.2, -0.15) is 0 Å². The van der Waals surface area contributed by atoms with Crippen LogP contribution >= 0.6 is 9.24 Å². The summed E-state index contributed by atoms with van der Waals surface area (Å²) in [6.07, 6.45) is 0. The van der Waals surface area contributed by atoms with Crippen LogP contribution in [0.3, 0.4) is 0 Å². The lowest BCUT2D eigenvalue weighted by molar-refractivity contribution is 0.414. The molecule has 2 aromatic rings. The molecule has 19 heavy (non-hydrogen) atoms. The molecule has 0 aliphatic carbocycles. The summed E-state index contributed by atoms with van der Waals surface area (Å²) in [4.78, 5) is 0. The molecular weight excluding hydrogens is 253 g/mol. The summed E-state index contributed by atoms with van der Waals surface area (Å²) in [5, 5.41) is 3.50. The fraction of sp³-hybridized carbons (Fsp3) is 0.250. The van der Waals surface area contributed by atoms with E-state index in [1.54, 1.807) is 7.11 Å². The molecule has 0 bridgehead atoms. The van der Waals surface area contributed by atoms with Gasteiger partial charge in [0.25, 0.3) is 0 Å². The lowest BCUT2D eigenvalue weighted by Crippen LogP contribution is -2.15. The van der Waals surface area contributed by atoms with Gasteiger partial charge in [-0.3, -0.25) is 0 Å². The molecule has 3 heteroatoms. The van der Waals surface area contributed by atoms with Crippen molar-refractivity contribution in [3.8, 4) is 5.75 Å². The van der Waals surface area contributed by atoms with Crippen molar-refractivity contribution >= 4 is 9.24 Å². The predicted octanol–water partition coefficient (Wildman–Crippen LogP) is 3.67. The molecule has 2 unspecified atom stereocenters. The molecule has 2 rings (SSSR count). The smallest absolute Gasteiger partial charge is 0.119 e. The van der Waals surface area contributed by atoms with E-state index in [0.717, 1.165) is 12.3 Å². The first-order valence-electron chi connectivity index (χ1n) is 6.37. The first-order chi connectivity index (χ1) is 9.19. The number of ether oxygens (including phenoxy) is 1. The predicted molar refractivity (Wildman–Crippen MR) is 83.5 cm³/mol. The third-order valence-corrected chi connectivity index (χ3v) is 3.68. The molecule has 0 aliphatic heterocycles. The molecule has 2 nitrogen and oxygen atoms in total. The molecule has 0 saturated heterocycles. The molecule has 0 radical (unpaired) electrons. The Morgan fingerprint density at radius 3 is 2.68 bits per heavy atom. The van der Waals surface area contributed by atoms with Crippen molar-refractivity contribution in [3.05, 3.63) is 65.2 Å². The van der Waals surface area contributed by atoms with Gasteiger partial charge >= 0.3 is 0 Å². The fourth-order valence-corrected chi connectivity index (χ4v) is 2.33. The highest BCUT2D eigenvalue weighted by atomic mass is 31.0. The minimum atomic E-state index is 0.218. The molecule has 100 valence electrons. The van der Waals surface area contributed by atoms with Crippen LogP contribution in [0.15, 0.2) is 48.5 Å². The Kier molecular flexibility index (Phi) is 4.95. The molecule has 0 fully saturated rings. The standard InChI is InChI=1S/C16H20NOP/c1-12-5-3-6-13(9-12)11-17-16(19)14-7-4-8-15(10-14)18-2/h3-10,16-17H,11,19H2,1-2H3. The van der Waals surface area contributed by atoms with E-state index in [4.69, 9.17) is 4.74 Å². The van der Waals surface area contributed by atoms with Crippen LogP contribution in [0.4, 0.5) is 0 Å². The Morgan fingerprint density at radius 1 is 1.16 bits per heavy atom. The molecule has 2 atom stereocenters. The van der Waals surface area contributed by atoms with E-state index in [-0.39, 0.29) is 5.78 Å². The monoisotopic (exact) mass is 273 g/mol. The third-order valence-electron chi connectivity index (χ3n) is 3.06. The van der Waals surface area contributed by atoms with Gasteiger partial charge in [0.1, 0.15) is 5.75 Å². The van der Waals surface area contributed by atoms with E-state index in [2.05, 4.69) is 57.9 Å². The summed E-state index contributed by atoms with van der Waals surface area (Å²) in [5.41, 5.74) is 3.80. The van der Waals surface area contributed by atoms with Crippen molar-refractivity contribution in [2.24, 2.45) is 0 Å². The number of nitrogens with one attached hydrogen (secondary N) is 1. The van der Waals surface area contributed by atoms with Gasteiger partial charge in [-0.1, -0.05) is 42.0 Å². The van der Waals surface area contributed by atoms with Crippen molar-refractivity contribution in [1.82, 2.24) is 5.32 Å². The second kappa shape index (κ2) is 6.70. The molecule has 2 aromatic carbocycles. The Labute approximate surface area is 117 Å². The highest BCUT2D eigenvalue weighted by Gasteiger charge is 2.06. The SMILES string of the molecule is COc1cccc(C(P)NCc2cccc(C)c2)c1. The Morgan fingerprint density at radius 2 is 1.95 bits per heavy atom. The zero-order valence-corrected chi connectivity index (χ0v) is 12.5. The summed E-state index contributed by atoms with van der Waals surface area (Å²) in [6.45, 7) is 2.97. The number of rotatable bonds is 5. The number of aryl methyl sites for hydroxylation is 1. The van der Waals surface area contributed by atoms with E-state index in [0.29, 0.717) is 0 Å². The topological polar surface area (TPSA) is 21.3 Å². The van der Waals surface area contributed by atoms with E-state index in [1.165, 1.54) is 16.7 Å². The lowest BCUT2D eigenvalue weighted by atomic mass is 10.1. The van der Waals surface area contributed by atoms with E-state index in [1.807, 2.05) is 12.1 Å². The normalized spacial score (nSPS) is 12.2. The van der Waals surface area contributed by atoms with Gasteiger partial charge < -0.3 is 10.1 Å². The van der Waals surface area contributed by atoms with Gasteiger partial charge in [-0.25, -0.2) is 0 Å². The highest BCUT2D eigenvalue weighted by molar-refractivity contribution is 7.17. The molecule has 0 amide bonds. The molecular formula is C16H20NOP. The van der Waals surface area contributed by atoms with Gasteiger partial charge in [0, 0.05) is 12.3 Å². The van der Waals surface area contributed by atoms with E-state index < -0.39 is 0 Å². The Bertz CT molecular complexity index is 542. The maximum Gasteiger partial charge on any atom is 0.119 e. The van der Waals surface area contributed by atoms with Crippen LogP contribution in [0.5, 0.6) is 5.75 Å². The lowest BCUT2D eigenvalue weighted by Gasteiger charge is -2.15. The summed E-state index contributed by atoms with van der Waals surface area (Å²) in [5.74, 6) is 1.11. The zero-order chi connectivity index (χ0) is 13.7. The Balaban J connectivity index is 1.99. The number of hydrogen-bond donors (Lipinski definition) is 1. The van der Waals surface area contributed by atoms with Gasteiger partial charge in [0.15, 0.2) is 0 Å². The van der Waals surface area contributed by atoms with Crippen molar-refractivity contribution in [2.45, 2.75) is 19.3 Å². The summed E-state index contributed by atoms with van der Waals surface area (Å²) in [6, 6.07) is 16.7. The number of methoxy groups -OCH3 is 1. The molecule has 1 N–H and O–H groups in total. The van der Waals surface area contributed by atoms with Gasteiger partial charge in [-0.15, -0.1) is 9.24 Å². The van der Waals surface area contributed by atoms with Crippen LogP contribution in [0, 0.1) is 6.92 Å². The molecule has 0 aliphatic rings. The third kappa shape index (κ3) is 4.05. The van der Waals surface area contributed by atoms with Gasteiger partial charge in [-0.05, 0) is 30.2 Å². The van der Waals surface area contributed by atoms with Crippen LogP contribution < -0.4 is 10.1 Å². The fourth-order valence-electron chi connectivity index (χ4n) is 2.00. The first kappa shape index (κ1) is 14.0. The number of benzene rings is 2. The minimum Gasteiger partial charge on any atom is -0.497 e. The molecule has 0 saturated carbocycles. The average Bonchev–Trinajstić information content (AvgIpc) is 2.45. The maximum atomic E-state index is 5.25. The van der Waals surface area contributed by atoms with Crippen LogP contribution in [0.2, 0.25) is 0 Å². The average molecular weight is 273 g/mol. The maximum absolute atomic E-state index is 5.25. The van der Waals surface area contributed by atoms with Crippen molar-refractivity contribution < 1.29 is 4.74 Å². The van der Waals surface area contributed by atoms with Crippen LogP contribution in [-0.2, 0) is 6.54 Å².